The van der Waals surface area contributed by atoms with E-state index < -0.39 is 6.10 Å². The van der Waals surface area contributed by atoms with Crippen LogP contribution in [-0.4, -0.2) is 37.5 Å². The maximum Gasteiger partial charge on any atom is 0.319 e. The molecule has 106 valence electrons. The summed E-state index contributed by atoms with van der Waals surface area (Å²) in [6.45, 7) is 2.51. The summed E-state index contributed by atoms with van der Waals surface area (Å²) in [6.07, 6.45) is -0.122. The van der Waals surface area contributed by atoms with Gasteiger partial charge in [-0.3, -0.25) is 0 Å². The molecule has 1 atom stereocenters. The average molecular weight is 287 g/mol. The van der Waals surface area contributed by atoms with E-state index in [-0.39, 0.29) is 12.6 Å². The van der Waals surface area contributed by atoms with Gasteiger partial charge in [0, 0.05) is 24.4 Å². The number of urea groups is 1. The summed E-state index contributed by atoms with van der Waals surface area (Å²) < 4.78 is 4.79. The Bertz CT molecular complexity index is 426. The predicted molar refractivity (Wildman–Crippen MR) is 75.7 cm³/mol. The molecule has 0 saturated heterocycles. The molecule has 0 aliphatic carbocycles. The molecular weight excluding hydrogens is 268 g/mol. The molecule has 0 heterocycles. The molecule has 0 aliphatic rings. The van der Waals surface area contributed by atoms with E-state index in [1.54, 1.807) is 18.2 Å². The Morgan fingerprint density at radius 3 is 2.89 bits per heavy atom. The van der Waals surface area contributed by atoms with Crippen molar-refractivity contribution in [3.05, 3.63) is 28.8 Å². The second kappa shape index (κ2) is 7.99. The number of benzene rings is 1. The molecule has 0 aromatic heterocycles. The Kier molecular flexibility index (Phi) is 6.62. The van der Waals surface area contributed by atoms with Gasteiger partial charge in [-0.05, 0) is 37.1 Å². The lowest BCUT2D eigenvalue weighted by atomic mass is 10.2. The van der Waals surface area contributed by atoms with E-state index in [0.717, 1.165) is 5.56 Å². The first-order chi connectivity index (χ1) is 9.02. The molecule has 2 amide bonds. The minimum atomic E-state index is -0.567. The van der Waals surface area contributed by atoms with E-state index in [2.05, 4.69) is 10.6 Å². The number of rotatable bonds is 6. The molecule has 0 radical (unpaired) electrons. The first-order valence-corrected chi connectivity index (χ1v) is 6.38. The molecule has 1 aromatic carbocycles. The number of carbonyl (C=O) groups excluding carboxylic acids is 1. The predicted octanol–water partition coefficient (Wildman–Crippen LogP) is 2.17. The number of aryl methyl sites for hydroxylation is 1. The normalized spacial score (nSPS) is 12.0. The van der Waals surface area contributed by atoms with Crippen LogP contribution in [0.15, 0.2) is 18.2 Å². The number of hydrogen-bond acceptors (Lipinski definition) is 3. The van der Waals surface area contributed by atoms with E-state index in [1.165, 1.54) is 7.11 Å². The topological polar surface area (TPSA) is 70.6 Å². The van der Waals surface area contributed by atoms with Gasteiger partial charge in [0.2, 0.25) is 0 Å². The van der Waals surface area contributed by atoms with Gasteiger partial charge in [0.1, 0.15) is 0 Å². The van der Waals surface area contributed by atoms with Crippen LogP contribution in [0.5, 0.6) is 0 Å². The van der Waals surface area contributed by atoms with Crippen molar-refractivity contribution in [1.29, 1.82) is 0 Å². The molecule has 3 N–H and O–H groups in total. The number of methoxy groups -OCH3 is 1. The third kappa shape index (κ3) is 5.92. The standard InChI is InChI=1S/C13H19ClN2O3/c1-9-7-10(14)3-4-12(9)16-13(18)15-6-5-11(17)8-19-2/h3-4,7,11,17H,5-6,8H2,1-2H3,(H2,15,16,18). The van der Waals surface area contributed by atoms with Crippen molar-refractivity contribution in [2.75, 3.05) is 25.6 Å². The summed E-state index contributed by atoms with van der Waals surface area (Å²) in [5, 5.41) is 15.4. The summed E-state index contributed by atoms with van der Waals surface area (Å²) in [6, 6.07) is 4.93. The SMILES string of the molecule is COCC(O)CCNC(=O)Nc1ccc(Cl)cc1C. The molecule has 1 rings (SSSR count). The Balaban J connectivity index is 2.35. The molecule has 0 spiro atoms. The number of carbonyl (C=O) groups is 1. The van der Waals surface area contributed by atoms with Gasteiger partial charge in [-0.25, -0.2) is 4.79 Å². The molecule has 19 heavy (non-hydrogen) atoms. The van der Waals surface area contributed by atoms with Crippen LogP contribution in [0.3, 0.4) is 0 Å². The number of amides is 2. The molecule has 6 heteroatoms. The van der Waals surface area contributed by atoms with Crippen molar-refractivity contribution in [3.8, 4) is 0 Å². The monoisotopic (exact) mass is 286 g/mol. The molecule has 0 bridgehead atoms. The first kappa shape index (κ1) is 15.8. The summed E-state index contributed by atoms with van der Waals surface area (Å²) in [5.74, 6) is 0. The number of anilines is 1. The van der Waals surface area contributed by atoms with Crippen LogP contribution in [0.4, 0.5) is 10.5 Å². The molecule has 0 saturated carbocycles. The zero-order valence-electron chi connectivity index (χ0n) is 11.1. The fourth-order valence-electron chi connectivity index (χ4n) is 1.56. The van der Waals surface area contributed by atoms with E-state index in [0.29, 0.717) is 23.7 Å². The summed E-state index contributed by atoms with van der Waals surface area (Å²) in [4.78, 5) is 11.6. The maximum atomic E-state index is 11.6. The van der Waals surface area contributed by atoms with Crippen molar-refractivity contribution in [2.45, 2.75) is 19.4 Å². The highest BCUT2D eigenvalue weighted by Gasteiger charge is 2.06. The summed E-state index contributed by atoms with van der Waals surface area (Å²) >= 11 is 5.83. The number of halogens is 1. The molecule has 1 unspecified atom stereocenters. The quantitative estimate of drug-likeness (QED) is 0.750. The van der Waals surface area contributed by atoms with Gasteiger partial charge < -0.3 is 20.5 Å². The Morgan fingerprint density at radius 2 is 2.26 bits per heavy atom. The lowest BCUT2D eigenvalue weighted by Crippen LogP contribution is -2.32. The highest BCUT2D eigenvalue weighted by atomic mass is 35.5. The van der Waals surface area contributed by atoms with Crippen molar-refractivity contribution < 1.29 is 14.6 Å². The zero-order valence-corrected chi connectivity index (χ0v) is 11.8. The average Bonchev–Trinajstić information content (AvgIpc) is 2.33. The van der Waals surface area contributed by atoms with Crippen molar-refractivity contribution in [3.63, 3.8) is 0 Å². The maximum absolute atomic E-state index is 11.6. The summed E-state index contributed by atoms with van der Waals surface area (Å²) in [5.41, 5.74) is 1.60. The van der Waals surface area contributed by atoms with Crippen LogP contribution >= 0.6 is 11.6 Å². The van der Waals surface area contributed by atoms with Gasteiger partial charge in [-0.15, -0.1) is 0 Å². The lowest BCUT2D eigenvalue weighted by Gasteiger charge is -2.12. The van der Waals surface area contributed by atoms with E-state index in [4.69, 9.17) is 16.3 Å². The van der Waals surface area contributed by atoms with Crippen molar-refractivity contribution in [2.24, 2.45) is 0 Å². The van der Waals surface area contributed by atoms with Crippen LogP contribution in [0.2, 0.25) is 5.02 Å². The Hall–Kier alpha value is -1.30. The van der Waals surface area contributed by atoms with Gasteiger partial charge in [0.05, 0.1) is 12.7 Å². The molecule has 1 aromatic rings. The van der Waals surface area contributed by atoms with Crippen LogP contribution in [0.1, 0.15) is 12.0 Å². The smallest absolute Gasteiger partial charge is 0.319 e. The van der Waals surface area contributed by atoms with E-state index in [9.17, 15) is 9.90 Å². The first-order valence-electron chi connectivity index (χ1n) is 6.01. The lowest BCUT2D eigenvalue weighted by molar-refractivity contribution is 0.0599. The third-order valence-electron chi connectivity index (χ3n) is 2.56. The fourth-order valence-corrected chi connectivity index (χ4v) is 1.79. The Morgan fingerprint density at radius 1 is 1.53 bits per heavy atom. The number of ether oxygens (including phenoxy) is 1. The van der Waals surface area contributed by atoms with Crippen LogP contribution in [-0.2, 0) is 4.74 Å². The van der Waals surface area contributed by atoms with Gasteiger partial charge in [-0.2, -0.15) is 0 Å². The fraction of sp³-hybridized carbons (Fsp3) is 0.462. The van der Waals surface area contributed by atoms with Crippen LogP contribution in [0, 0.1) is 6.92 Å². The van der Waals surface area contributed by atoms with E-state index >= 15 is 0 Å². The van der Waals surface area contributed by atoms with Gasteiger partial charge in [0.25, 0.3) is 0 Å². The molecule has 5 nitrogen and oxygen atoms in total. The van der Waals surface area contributed by atoms with Gasteiger partial charge in [0.15, 0.2) is 0 Å². The van der Waals surface area contributed by atoms with Crippen molar-refractivity contribution >= 4 is 23.3 Å². The highest BCUT2D eigenvalue weighted by Crippen LogP contribution is 2.19. The Labute approximate surface area is 117 Å². The zero-order chi connectivity index (χ0) is 14.3. The van der Waals surface area contributed by atoms with Gasteiger partial charge in [-0.1, -0.05) is 11.6 Å². The minimum Gasteiger partial charge on any atom is -0.391 e. The second-order valence-electron chi connectivity index (χ2n) is 4.24. The third-order valence-corrected chi connectivity index (χ3v) is 2.79. The van der Waals surface area contributed by atoms with E-state index in [1.807, 2.05) is 6.92 Å². The number of hydrogen-bond donors (Lipinski definition) is 3. The van der Waals surface area contributed by atoms with Crippen LogP contribution < -0.4 is 10.6 Å². The van der Waals surface area contributed by atoms with Crippen LogP contribution in [0.25, 0.3) is 0 Å². The van der Waals surface area contributed by atoms with Gasteiger partial charge >= 0.3 is 6.03 Å². The summed E-state index contributed by atoms with van der Waals surface area (Å²) in [7, 11) is 1.52. The largest absolute Gasteiger partial charge is 0.391 e. The second-order valence-corrected chi connectivity index (χ2v) is 4.67. The molecule has 0 aliphatic heterocycles. The molecule has 0 fully saturated rings. The highest BCUT2D eigenvalue weighted by molar-refractivity contribution is 6.30. The van der Waals surface area contributed by atoms with Crippen molar-refractivity contribution in [1.82, 2.24) is 5.32 Å². The molecular formula is C13H19ClN2O3. The number of nitrogens with one attached hydrogen (secondary N) is 2. The number of aliphatic hydroxyl groups is 1. The number of aliphatic hydroxyl groups excluding tert-OH is 1. The minimum absolute atomic E-state index is 0.263.